The van der Waals surface area contributed by atoms with E-state index >= 15 is 0 Å². The minimum Gasteiger partial charge on any atom is -0.537 e. The number of ether oxygens (including phenoxy) is 1. The summed E-state index contributed by atoms with van der Waals surface area (Å²) in [5.41, 5.74) is 0.0588. The Bertz CT molecular complexity index is 372. The number of hydrogen-bond acceptors (Lipinski definition) is 4. The second-order valence-corrected chi connectivity index (χ2v) is 4.37. The molecular weight excluding hydrogens is 221 g/mol. The van der Waals surface area contributed by atoms with Gasteiger partial charge in [0.15, 0.2) is 0 Å². The van der Waals surface area contributed by atoms with Gasteiger partial charge in [-0.05, 0) is 45.0 Å². The normalized spacial score (nSPS) is 10.6. The molecule has 0 saturated carbocycles. The van der Waals surface area contributed by atoms with E-state index in [0.717, 1.165) is 0 Å². The SMILES string of the molecule is CC(C)(C)OC(=O)Nc1ccc(O[B]O)cc1. The third-order valence-corrected chi connectivity index (χ3v) is 1.69. The zero-order valence-electron chi connectivity index (χ0n) is 10.1. The topological polar surface area (TPSA) is 67.8 Å². The quantitative estimate of drug-likeness (QED) is 0.787. The van der Waals surface area contributed by atoms with Crippen LogP contribution in [-0.4, -0.2) is 24.4 Å². The lowest BCUT2D eigenvalue weighted by atomic mass is 10.2. The molecule has 0 atom stereocenters. The summed E-state index contributed by atoms with van der Waals surface area (Å²) in [6.07, 6.45) is -0.514. The first kappa shape index (κ1) is 13.4. The van der Waals surface area contributed by atoms with E-state index in [-0.39, 0.29) is 0 Å². The van der Waals surface area contributed by atoms with E-state index in [2.05, 4.69) is 5.32 Å². The molecule has 1 aromatic rings. The summed E-state index contributed by atoms with van der Waals surface area (Å²) < 4.78 is 9.82. The van der Waals surface area contributed by atoms with Crippen molar-refractivity contribution in [3.63, 3.8) is 0 Å². The predicted molar refractivity (Wildman–Crippen MR) is 64.9 cm³/mol. The summed E-state index contributed by atoms with van der Waals surface area (Å²) >= 11 is 0. The molecule has 0 fully saturated rings. The molecule has 6 heteroatoms. The van der Waals surface area contributed by atoms with Crippen molar-refractivity contribution in [3.05, 3.63) is 24.3 Å². The maximum atomic E-state index is 11.4. The molecule has 0 aromatic heterocycles. The van der Waals surface area contributed by atoms with Crippen molar-refractivity contribution in [2.24, 2.45) is 0 Å². The van der Waals surface area contributed by atoms with E-state index in [9.17, 15) is 4.79 Å². The number of anilines is 1. The van der Waals surface area contributed by atoms with Crippen LogP contribution in [-0.2, 0) is 4.74 Å². The fraction of sp³-hybridized carbons (Fsp3) is 0.364. The lowest BCUT2D eigenvalue weighted by Gasteiger charge is -2.19. The van der Waals surface area contributed by atoms with E-state index < -0.39 is 11.7 Å². The molecule has 0 spiro atoms. The Kier molecular flexibility index (Phi) is 4.40. The summed E-state index contributed by atoms with van der Waals surface area (Å²) in [6.45, 7) is 5.38. The maximum Gasteiger partial charge on any atom is 0.569 e. The van der Waals surface area contributed by atoms with Gasteiger partial charge in [-0.3, -0.25) is 5.32 Å². The van der Waals surface area contributed by atoms with E-state index in [4.69, 9.17) is 14.4 Å². The van der Waals surface area contributed by atoms with E-state index in [1.54, 1.807) is 45.0 Å². The molecular formula is C11H15BNO4. The van der Waals surface area contributed by atoms with E-state index in [0.29, 0.717) is 19.1 Å². The van der Waals surface area contributed by atoms with Gasteiger partial charge in [-0.15, -0.1) is 0 Å². The molecule has 0 heterocycles. The molecule has 1 radical (unpaired) electrons. The monoisotopic (exact) mass is 236 g/mol. The number of rotatable bonds is 3. The first-order chi connectivity index (χ1) is 7.90. The van der Waals surface area contributed by atoms with E-state index in [1.165, 1.54) is 0 Å². The van der Waals surface area contributed by atoms with Crippen LogP contribution in [0.2, 0.25) is 0 Å². The molecule has 5 nitrogen and oxygen atoms in total. The number of hydrogen-bond donors (Lipinski definition) is 2. The third kappa shape index (κ3) is 5.26. The molecule has 0 aliphatic rings. The summed E-state index contributed by atoms with van der Waals surface area (Å²) in [5, 5.41) is 11.0. The van der Waals surface area contributed by atoms with Gasteiger partial charge in [-0.2, -0.15) is 0 Å². The number of amides is 1. The van der Waals surface area contributed by atoms with Gasteiger partial charge >= 0.3 is 13.8 Å². The van der Waals surface area contributed by atoms with Crippen LogP contribution in [0.15, 0.2) is 24.3 Å². The Balaban J connectivity index is 2.54. The molecule has 0 unspecified atom stereocenters. The summed E-state index contributed by atoms with van der Waals surface area (Å²) in [6, 6.07) is 6.50. The lowest BCUT2D eigenvalue weighted by molar-refractivity contribution is 0.0636. The van der Waals surface area contributed by atoms with Crippen LogP contribution in [0.3, 0.4) is 0 Å². The van der Waals surface area contributed by atoms with Crippen molar-refractivity contribution in [3.8, 4) is 5.75 Å². The largest absolute Gasteiger partial charge is 0.569 e. The van der Waals surface area contributed by atoms with Gasteiger partial charge in [0, 0.05) is 5.69 Å². The Morgan fingerprint density at radius 2 is 1.88 bits per heavy atom. The summed E-state index contributed by atoms with van der Waals surface area (Å²) in [7, 11) is 0.594. The van der Waals surface area contributed by atoms with Crippen molar-refractivity contribution in [1.29, 1.82) is 0 Å². The molecule has 0 aliphatic carbocycles. The molecule has 91 valence electrons. The predicted octanol–water partition coefficient (Wildman–Crippen LogP) is 1.94. The van der Waals surface area contributed by atoms with Crippen molar-refractivity contribution < 1.29 is 19.2 Å². The van der Waals surface area contributed by atoms with Crippen molar-refractivity contribution >= 4 is 19.5 Å². The third-order valence-electron chi connectivity index (χ3n) is 1.69. The van der Waals surface area contributed by atoms with E-state index in [1.807, 2.05) is 0 Å². The van der Waals surface area contributed by atoms with Crippen LogP contribution in [0, 0.1) is 0 Å². The van der Waals surface area contributed by atoms with Crippen molar-refractivity contribution in [2.75, 3.05) is 5.32 Å². The highest BCUT2D eigenvalue weighted by Crippen LogP contribution is 2.16. The fourth-order valence-corrected chi connectivity index (χ4v) is 1.10. The zero-order chi connectivity index (χ0) is 12.9. The first-order valence-electron chi connectivity index (χ1n) is 5.13. The number of carbonyl (C=O) groups is 1. The molecule has 0 saturated heterocycles. The average molecular weight is 236 g/mol. The van der Waals surface area contributed by atoms with Gasteiger partial charge < -0.3 is 14.4 Å². The minimum absolute atomic E-state index is 0.474. The zero-order valence-corrected chi connectivity index (χ0v) is 10.1. The highest BCUT2D eigenvalue weighted by Gasteiger charge is 2.15. The van der Waals surface area contributed by atoms with Crippen LogP contribution in [0.5, 0.6) is 5.75 Å². The molecule has 1 rings (SSSR count). The lowest BCUT2D eigenvalue weighted by Crippen LogP contribution is -2.27. The summed E-state index contributed by atoms with van der Waals surface area (Å²) in [5.74, 6) is 0.474. The molecule has 1 amide bonds. The number of carbonyl (C=O) groups excluding carboxylic acids is 1. The van der Waals surface area contributed by atoms with Gasteiger partial charge in [0.2, 0.25) is 0 Å². The summed E-state index contributed by atoms with van der Waals surface area (Å²) in [4.78, 5) is 11.4. The van der Waals surface area contributed by atoms with Gasteiger partial charge in [0.25, 0.3) is 0 Å². The molecule has 0 aliphatic heterocycles. The fourth-order valence-electron chi connectivity index (χ4n) is 1.10. The van der Waals surface area contributed by atoms with Crippen LogP contribution in [0.4, 0.5) is 10.5 Å². The minimum atomic E-state index is -0.529. The second-order valence-electron chi connectivity index (χ2n) is 4.37. The average Bonchev–Trinajstić information content (AvgIpc) is 2.18. The van der Waals surface area contributed by atoms with Gasteiger partial charge in [0.05, 0.1) is 0 Å². The van der Waals surface area contributed by atoms with Crippen LogP contribution in [0.25, 0.3) is 0 Å². The Morgan fingerprint density at radius 1 is 1.29 bits per heavy atom. The van der Waals surface area contributed by atoms with Crippen molar-refractivity contribution in [2.45, 2.75) is 26.4 Å². The molecule has 1 aromatic carbocycles. The Labute approximate surface area is 101 Å². The standard InChI is InChI=1S/C11H15BNO4/c1-11(2,3)16-10(14)13-8-4-6-9(7-5-8)17-12-15/h4-7,15H,1-3H3,(H,13,14). The second kappa shape index (κ2) is 5.59. The number of nitrogens with one attached hydrogen (secondary N) is 1. The Hall–Kier alpha value is -1.69. The maximum absolute atomic E-state index is 11.4. The van der Waals surface area contributed by atoms with Gasteiger partial charge in [-0.25, -0.2) is 4.79 Å². The van der Waals surface area contributed by atoms with Gasteiger partial charge in [0.1, 0.15) is 11.4 Å². The van der Waals surface area contributed by atoms with Crippen LogP contribution in [0.1, 0.15) is 20.8 Å². The van der Waals surface area contributed by atoms with Crippen molar-refractivity contribution in [1.82, 2.24) is 0 Å². The van der Waals surface area contributed by atoms with Crippen LogP contribution < -0.4 is 9.97 Å². The molecule has 2 N–H and O–H groups in total. The molecule has 17 heavy (non-hydrogen) atoms. The molecule has 0 bridgehead atoms. The number of benzene rings is 1. The Morgan fingerprint density at radius 3 is 2.35 bits per heavy atom. The highest BCUT2D eigenvalue weighted by atomic mass is 16.6. The van der Waals surface area contributed by atoms with Gasteiger partial charge in [-0.1, -0.05) is 0 Å². The highest BCUT2D eigenvalue weighted by molar-refractivity contribution is 6.17. The first-order valence-corrected chi connectivity index (χ1v) is 5.13. The van der Waals surface area contributed by atoms with Crippen LogP contribution >= 0.6 is 0 Å². The smallest absolute Gasteiger partial charge is 0.537 e.